The highest BCUT2D eigenvalue weighted by molar-refractivity contribution is 6.01. The molecule has 2 rings (SSSR count). The number of benzene rings is 1. The number of methoxy groups -OCH3 is 1. The number of ether oxygens (including phenoxy) is 2. The second kappa shape index (κ2) is 8.41. The van der Waals surface area contributed by atoms with Gasteiger partial charge in [0.25, 0.3) is 0 Å². The number of carbonyl (C=O) groups is 2. The fourth-order valence-corrected chi connectivity index (χ4v) is 3.04. The van der Waals surface area contributed by atoms with Crippen LogP contribution in [0.15, 0.2) is 23.2 Å². The van der Waals surface area contributed by atoms with Gasteiger partial charge in [-0.15, -0.1) is 0 Å². The predicted octanol–water partition coefficient (Wildman–Crippen LogP) is 3.72. The van der Waals surface area contributed by atoms with Gasteiger partial charge in [0.05, 0.1) is 18.4 Å². The first-order valence-electron chi connectivity index (χ1n) is 8.22. The molecule has 0 unspecified atom stereocenters. The predicted molar refractivity (Wildman–Crippen MR) is 96.9 cm³/mol. The SMILES string of the molecule is C=Cc1c(C)c2c(c(N=C=O)c1CC=C(C)CCC(=O)OC)C(=O)OC2. The van der Waals surface area contributed by atoms with Gasteiger partial charge < -0.3 is 9.47 Å². The highest BCUT2D eigenvalue weighted by Crippen LogP contribution is 2.39. The van der Waals surface area contributed by atoms with E-state index >= 15 is 0 Å². The van der Waals surface area contributed by atoms with Crippen LogP contribution in [0.5, 0.6) is 0 Å². The number of isocyanates is 1. The van der Waals surface area contributed by atoms with Gasteiger partial charge in [-0.1, -0.05) is 24.3 Å². The van der Waals surface area contributed by atoms with Crippen molar-refractivity contribution in [2.45, 2.75) is 39.7 Å². The van der Waals surface area contributed by atoms with Crippen molar-refractivity contribution in [3.05, 3.63) is 46.0 Å². The first-order chi connectivity index (χ1) is 12.4. The van der Waals surface area contributed by atoms with Crippen LogP contribution < -0.4 is 0 Å². The van der Waals surface area contributed by atoms with Gasteiger partial charge in [0.1, 0.15) is 6.61 Å². The van der Waals surface area contributed by atoms with E-state index in [0.29, 0.717) is 24.8 Å². The Morgan fingerprint density at radius 1 is 1.42 bits per heavy atom. The van der Waals surface area contributed by atoms with Crippen molar-refractivity contribution in [1.29, 1.82) is 0 Å². The average molecular weight is 355 g/mol. The summed E-state index contributed by atoms with van der Waals surface area (Å²) in [7, 11) is 1.36. The minimum absolute atomic E-state index is 0.163. The van der Waals surface area contributed by atoms with Crippen molar-refractivity contribution in [3.8, 4) is 0 Å². The molecule has 0 N–H and O–H groups in total. The highest BCUT2D eigenvalue weighted by atomic mass is 16.5. The van der Waals surface area contributed by atoms with E-state index in [1.165, 1.54) is 13.2 Å². The standard InChI is InChI=1S/C20H21NO5/c1-5-14-13(3)16-10-26-20(24)18(16)19(21-11-22)15(14)8-6-12(2)7-9-17(23)25-4/h5-6H,1,7-10H2,2-4H3. The molecule has 0 aliphatic carbocycles. The van der Waals surface area contributed by atoms with Crippen molar-refractivity contribution >= 4 is 29.8 Å². The number of hydrogen-bond donors (Lipinski definition) is 0. The van der Waals surface area contributed by atoms with Crippen LogP contribution in [0.25, 0.3) is 6.08 Å². The quantitative estimate of drug-likeness (QED) is 0.322. The smallest absolute Gasteiger partial charge is 0.341 e. The lowest BCUT2D eigenvalue weighted by Gasteiger charge is -2.15. The number of esters is 2. The summed E-state index contributed by atoms with van der Waals surface area (Å²) in [5.41, 5.74) is 4.77. The first-order valence-corrected chi connectivity index (χ1v) is 8.22. The number of allylic oxidation sites excluding steroid dienone is 2. The Balaban J connectivity index is 2.47. The van der Waals surface area contributed by atoms with E-state index < -0.39 is 5.97 Å². The number of hydrogen-bond acceptors (Lipinski definition) is 6. The van der Waals surface area contributed by atoms with E-state index in [1.54, 1.807) is 6.08 Å². The van der Waals surface area contributed by atoms with Gasteiger partial charge in [-0.25, -0.2) is 9.59 Å². The Kier molecular flexibility index (Phi) is 6.26. The number of fused-ring (bicyclic) bond motifs is 1. The molecule has 0 spiro atoms. The zero-order valence-corrected chi connectivity index (χ0v) is 15.2. The van der Waals surface area contributed by atoms with Crippen LogP contribution in [0.2, 0.25) is 0 Å². The van der Waals surface area contributed by atoms with Gasteiger partial charge in [-0.05, 0) is 43.4 Å². The molecule has 0 atom stereocenters. The van der Waals surface area contributed by atoms with E-state index in [0.717, 1.165) is 27.8 Å². The molecule has 0 saturated carbocycles. The maximum absolute atomic E-state index is 12.1. The van der Waals surface area contributed by atoms with Crippen molar-refractivity contribution in [3.63, 3.8) is 0 Å². The molecule has 0 fully saturated rings. The topological polar surface area (TPSA) is 82.0 Å². The number of nitrogens with zero attached hydrogens (tertiary/aromatic N) is 1. The third kappa shape index (κ3) is 3.81. The Bertz CT molecular complexity index is 844. The van der Waals surface area contributed by atoms with Gasteiger partial charge in [0.15, 0.2) is 0 Å². The number of cyclic esters (lactones) is 1. The maximum atomic E-state index is 12.1. The van der Waals surface area contributed by atoms with Crippen molar-refractivity contribution in [2.75, 3.05) is 7.11 Å². The van der Waals surface area contributed by atoms with Crippen LogP contribution in [0.4, 0.5) is 5.69 Å². The van der Waals surface area contributed by atoms with Crippen LogP contribution in [-0.4, -0.2) is 25.1 Å². The normalized spacial score (nSPS) is 12.9. The molecule has 1 heterocycles. The number of rotatable bonds is 7. The van der Waals surface area contributed by atoms with Gasteiger partial charge >= 0.3 is 11.9 Å². The second-order valence-corrected chi connectivity index (χ2v) is 6.03. The molecule has 6 heteroatoms. The molecule has 0 aromatic heterocycles. The fraction of sp³-hybridized carbons (Fsp3) is 0.350. The molecule has 1 aromatic rings. The van der Waals surface area contributed by atoms with Crippen LogP contribution >= 0.6 is 0 Å². The van der Waals surface area contributed by atoms with Gasteiger partial charge in [0, 0.05) is 12.0 Å². The summed E-state index contributed by atoms with van der Waals surface area (Å²) in [6.45, 7) is 7.81. The van der Waals surface area contributed by atoms with Gasteiger partial charge in [-0.3, -0.25) is 4.79 Å². The molecule has 1 aliphatic rings. The molecule has 1 aliphatic heterocycles. The number of carbonyl (C=O) groups excluding carboxylic acids is 3. The average Bonchev–Trinajstić information content (AvgIpc) is 3.02. The summed E-state index contributed by atoms with van der Waals surface area (Å²) in [5, 5.41) is 0. The minimum atomic E-state index is -0.486. The summed E-state index contributed by atoms with van der Waals surface area (Å²) in [4.78, 5) is 38.1. The Morgan fingerprint density at radius 2 is 2.15 bits per heavy atom. The molecule has 1 aromatic carbocycles. The van der Waals surface area contributed by atoms with Crippen molar-refractivity contribution < 1.29 is 23.9 Å². The second-order valence-electron chi connectivity index (χ2n) is 6.03. The molecule has 6 nitrogen and oxygen atoms in total. The molecule has 0 radical (unpaired) electrons. The lowest BCUT2D eigenvalue weighted by Crippen LogP contribution is -2.03. The highest BCUT2D eigenvalue weighted by Gasteiger charge is 2.30. The lowest BCUT2D eigenvalue weighted by atomic mass is 9.89. The minimum Gasteiger partial charge on any atom is -0.469 e. The zero-order chi connectivity index (χ0) is 19.3. The van der Waals surface area contributed by atoms with Crippen LogP contribution in [-0.2, 0) is 32.1 Å². The molecule has 136 valence electrons. The molecule has 0 saturated heterocycles. The summed E-state index contributed by atoms with van der Waals surface area (Å²) >= 11 is 0. The van der Waals surface area contributed by atoms with Crippen LogP contribution in [0.1, 0.15) is 52.4 Å². The number of aliphatic imine (C=N–C) groups is 1. The van der Waals surface area contributed by atoms with E-state index in [-0.39, 0.29) is 18.3 Å². The molecule has 0 amide bonds. The molecule has 0 bridgehead atoms. The monoisotopic (exact) mass is 355 g/mol. The van der Waals surface area contributed by atoms with Crippen LogP contribution in [0.3, 0.4) is 0 Å². The van der Waals surface area contributed by atoms with E-state index in [1.807, 2.05) is 19.9 Å². The van der Waals surface area contributed by atoms with Gasteiger partial charge in [-0.2, -0.15) is 4.99 Å². The molecular formula is C20H21NO5. The first kappa shape index (κ1) is 19.3. The molecule has 26 heavy (non-hydrogen) atoms. The Labute approximate surface area is 152 Å². The third-order valence-electron chi connectivity index (χ3n) is 4.53. The van der Waals surface area contributed by atoms with E-state index in [2.05, 4.69) is 16.3 Å². The van der Waals surface area contributed by atoms with E-state index in [9.17, 15) is 14.4 Å². The summed E-state index contributed by atoms with van der Waals surface area (Å²) in [5.74, 6) is -0.757. The molecular weight excluding hydrogens is 334 g/mol. The van der Waals surface area contributed by atoms with Gasteiger partial charge in [0.2, 0.25) is 6.08 Å². The van der Waals surface area contributed by atoms with Crippen molar-refractivity contribution in [2.24, 2.45) is 4.99 Å². The van der Waals surface area contributed by atoms with E-state index in [4.69, 9.17) is 4.74 Å². The van der Waals surface area contributed by atoms with Crippen molar-refractivity contribution in [1.82, 2.24) is 0 Å². The lowest BCUT2D eigenvalue weighted by molar-refractivity contribution is -0.140. The maximum Gasteiger partial charge on any atom is 0.341 e. The Hall–Kier alpha value is -2.98. The summed E-state index contributed by atoms with van der Waals surface area (Å²) in [6.07, 6.45) is 6.47. The summed E-state index contributed by atoms with van der Waals surface area (Å²) in [6, 6.07) is 0. The fourth-order valence-electron chi connectivity index (χ4n) is 3.04. The van der Waals surface area contributed by atoms with Crippen LogP contribution in [0, 0.1) is 6.92 Å². The Morgan fingerprint density at radius 3 is 2.77 bits per heavy atom. The largest absolute Gasteiger partial charge is 0.469 e. The summed E-state index contributed by atoms with van der Waals surface area (Å²) < 4.78 is 9.76. The zero-order valence-electron chi connectivity index (χ0n) is 15.2. The third-order valence-corrected chi connectivity index (χ3v) is 4.53.